The molecule has 20 heavy (non-hydrogen) atoms. The number of methoxy groups -OCH3 is 2. The van der Waals surface area contributed by atoms with Crippen molar-refractivity contribution in [2.24, 2.45) is 0 Å². The van der Waals surface area contributed by atoms with Crippen molar-refractivity contribution < 1.29 is 19.0 Å². The highest BCUT2D eigenvalue weighted by molar-refractivity contribution is 5.66. The second-order valence-electron chi connectivity index (χ2n) is 5.56. The first-order valence-electron chi connectivity index (χ1n) is 7.07. The largest absolute Gasteiger partial charge is 0.496 e. The lowest BCUT2D eigenvalue weighted by Gasteiger charge is -2.44. The van der Waals surface area contributed by atoms with Gasteiger partial charge in [0.25, 0.3) is 0 Å². The topological polar surface area (TPSA) is 44.8 Å². The predicted octanol–water partition coefficient (Wildman–Crippen LogP) is 3.00. The molecule has 1 saturated carbocycles. The van der Waals surface area contributed by atoms with Gasteiger partial charge in [0.05, 0.1) is 14.2 Å². The fourth-order valence-corrected chi connectivity index (χ4v) is 3.82. The maximum absolute atomic E-state index is 11.3. The molecule has 1 aromatic carbocycles. The minimum absolute atomic E-state index is 0.0280. The highest BCUT2D eigenvalue weighted by Crippen LogP contribution is 2.56. The van der Waals surface area contributed by atoms with E-state index in [2.05, 4.69) is 0 Å². The zero-order chi connectivity index (χ0) is 14.3. The zero-order valence-electron chi connectivity index (χ0n) is 12.1. The van der Waals surface area contributed by atoms with E-state index in [4.69, 9.17) is 14.2 Å². The molecular formula is C16H20O4. The molecule has 3 unspecified atom stereocenters. The van der Waals surface area contributed by atoms with Gasteiger partial charge in [-0.15, -0.1) is 0 Å². The van der Waals surface area contributed by atoms with Gasteiger partial charge < -0.3 is 14.2 Å². The Labute approximate surface area is 119 Å². The first-order valence-corrected chi connectivity index (χ1v) is 7.07. The molecule has 3 aliphatic carbocycles. The van der Waals surface area contributed by atoms with Crippen LogP contribution >= 0.6 is 0 Å². The smallest absolute Gasteiger partial charge is 0.302 e. The number of hydrogen-bond acceptors (Lipinski definition) is 4. The molecule has 4 nitrogen and oxygen atoms in total. The van der Waals surface area contributed by atoms with E-state index in [1.165, 1.54) is 18.1 Å². The second-order valence-corrected chi connectivity index (χ2v) is 5.56. The second kappa shape index (κ2) is 5.00. The van der Waals surface area contributed by atoms with Crippen LogP contribution < -0.4 is 9.47 Å². The van der Waals surface area contributed by atoms with Crippen LogP contribution in [0.1, 0.15) is 49.1 Å². The molecule has 0 heterocycles. The highest BCUT2D eigenvalue weighted by atomic mass is 16.5. The van der Waals surface area contributed by atoms with Crippen LogP contribution in [0.5, 0.6) is 11.5 Å². The van der Waals surface area contributed by atoms with E-state index < -0.39 is 0 Å². The maximum Gasteiger partial charge on any atom is 0.302 e. The molecule has 1 aromatic rings. The predicted molar refractivity (Wildman–Crippen MR) is 74.4 cm³/mol. The Morgan fingerprint density at radius 2 is 1.75 bits per heavy atom. The SMILES string of the molecule is COc1ccc(OC)c2c1C1CCC2C(OC(C)=O)C1. The van der Waals surface area contributed by atoms with Gasteiger partial charge in [-0.3, -0.25) is 4.79 Å². The molecule has 0 radical (unpaired) electrons. The summed E-state index contributed by atoms with van der Waals surface area (Å²) in [6, 6.07) is 3.92. The Hall–Kier alpha value is -1.71. The standard InChI is InChI=1S/C16H20O4/c1-9(17)20-14-8-10-4-5-11(14)16-13(19-3)7-6-12(18-2)15(10)16/h6-7,10-11,14H,4-5,8H2,1-3H3. The number of benzene rings is 1. The Morgan fingerprint density at radius 1 is 1.10 bits per heavy atom. The summed E-state index contributed by atoms with van der Waals surface area (Å²) in [7, 11) is 3.39. The van der Waals surface area contributed by atoms with Gasteiger partial charge in [0.2, 0.25) is 0 Å². The Bertz CT molecular complexity index is 538. The fraction of sp³-hybridized carbons (Fsp3) is 0.562. The van der Waals surface area contributed by atoms with Crippen molar-refractivity contribution in [3.63, 3.8) is 0 Å². The third-order valence-corrected chi connectivity index (χ3v) is 4.54. The van der Waals surface area contributed by atoms with Gasteiger partial charge in [0, 0.05) is 24.0 Å². The van der Waals surface area contributed by atoms with Crippen molar-refractivity contribution in [2.45, 2.75) is 44.1 Å². The van der Waals surface area contributed by atoms with Crippen molar-refractivity contribution in [3.8, 4) is 11.5 Å². The quantitative estimate of drug-likeness (QED) is 0.796. The number of hydrogen-bond donors (Lipinski definition) is 0. The summed E-state index contributed by atoms with van der Waals surface area (Å²) in [5.41, 5.74) is 2.44. The van der Waals surface area contributed by atoms with Gasteiger partial charge in [0.15, 0.2) is 0 Å². The van der Waals surface area contributed by atoms with Crippen molar-refractivity contribution in [1.29, 1.82) is 0 Å². The van der Waals surface area contributed by atoms with Crippen LogP contribution in [0.2, 0.25) is 0 Å². The number of carbonyl (C=O) groups is 1. The van der Waals surface area contributed by atoms with Crippen LogP contribution in [-0.4, -0.2) is 26.3 Å². The van der Waals surface area contributed by atoms with Crippen molar-refractivity contribution >= 4 is 5.97 Å². The summed E-state index contributed by atoms with van der Waals surface area (Å²) in [4.78, 5) is 11.3. The van der Waals surface area contributed by atoms with E-state index in [-0.39, 0.29) is 18.0 Å². The lowest BCUT2D eigenvalue weighted by molar-refractivity contribution is -0.149. The van der Waals surface area contributed by atoms with Crippen molar-refractivity contribution in [3.05, 3.63) is 23.3 Å². The van der Waals surface area contributed by atoms with Gasteiger partial charge in [-0.1, -0.05) is 0 Å². The van der Waals surface area contributed by atoms with Gasteiger partial charge >= 0.3 is 5.97 Å². The van der Waals surface area contributed by atoms with Crippen molar-refractivity contribution in [1.82, 2.24) is 0 Å². The molecule has 0 saturated heterocycles. The molecule has 1 fully saturated rings. The minimum atomic E-state index is -0.203. The van der Waals surface area contributed by atoms with E-state index in [0.29, 0.717) is 5.92 Å². The van der Waals surface area contributed by atoms with E-state index >= 15 is 0 Å². The Kier molecular flexibility index (Phi) is 3.32. The minimum Gasteiger partial charge on any atom is -0.496 e. The summed E-state index contributed by atoms with van der Waals surface area (Å²) in [6.45, 7) is 1.48. The van der Waals surface area contributed by atoms with Crippen LogP contribution in [0.4, 0.5) is 0 Å². The van der Waals surface area contributed by atoms with Crippen LogP contribution in [-0.2, 0) is 9.53 Å². The van der Waals surface area contributed by atoms with E-state index in [9.17, 15) is 4.79 Å². The van der Waals surface area contributed by atoms with E-state index in [1.54, 1.807) is 14.2 Å². The van der Waals surface area contributed by atoms with Gasteiger partial charge in [0.1, 0.15) is 17.6 Å². The molecule has 0 aromatic heterocycles. The summed E-state index contributed by atoms with van der Waals surface area (Å²) < 4.78 is 16.6. The Balaban J connectivity index is 2.08. The molecule has 0 aliphatic heterocycles. The Morgan fingerprint density at radius 3 is 2.35 bits per heavy atom. The molecular weight excluding hydrogens is 256 g/mol. The molecule has 0 N–H and O–H groups in total. The summed E-state index contributed by atoms with van der Waals surface area (Å²) in [5.74, 6) is 2.23. The molecule has 4 rings (SSSR count). The molecule has 0 spiro atoms. The number of ether oxygens (including phenoxy) is 3. The normalized spacial score (nSPS) is 26.9. The average Bonchev–Trinajstić information content (AvgIpc) is 2.46. The fourth-order valence-electron chi connectivity index (χ4n) is 3.82. The first kappa shape index (κ1) is 13.3. The van der Waals surface area contributed by atoms with Crippen LogP contribution in [0.3, 0.4) is 0 Å². The molecule has 3 aliphatic rings. The third-order valence-electron chi connectivity index (χ3n) is 4.54. The zero-order valence-corrected chi connectivity index (χ0v) is 12.1. The van der Waals surface area contributed by atoms with Crippen LogP contribution in [0.15, 0.2) is 12.1 Å². The summed E-state index contributed by atoms with van der Waals surface area (Å²) in [5, 5.41) is 0. The summed E-state index contributed by atoms with van der Waals surface area (Å²) >= 11 is 0. The van der Waals surface area contributed by atoms with Gasteiger partial charge in [-0.25, -0.2) is 0 Å². The van der Waals surface area contributed by atoms with Crippen molar-refractivity contribution in [2.75, 3.05) is 14.2 Å². The molecule has 4 heteroatoms. The molecule has 0 amide bonds. The monoisotopic (exact) mass is 276 g/mol. The number of carbonyl (C=O) groups excluding carboxylic acids is 1. The highest BCUT2D eigenvalue weighted by Gasteiger charge is 2.44. The summed E-state index contributed by atoms with van der Waals surface area (Å²) in [6.07, 6.45) is 3.03. The molecule has 3 atom stereocenters. The first-order chi connectivity index (χ1) is 9.65. The van der Waals surface area contributed by atoms with Crippen LogP contribution in [0, 0.1) is 0 Å². The van der Waals surface area contributed by atoms with E-state index in [1.807, 2.05) is 12.1 Å². The lowest BCUT2D eigenvalue weighted by atomic mass is 9.65. The van der Waals surface area contributed by atoms with Gasteiger partial charge in [-0.05, 0) is 37.3 Å². The molecule has 108 valence electrons. The van der Waals surface area contributed by atoms with E-state index in [0.717, 1.165) is 30.8 Å². The number of rotatable bonds is 3. The molecule has 2 bridgehead atoms. The van der Waals surface area contributed by atoms with Crippen LogP contribution in [0.25, 0.3) is 0 Å². The number of fused-ring (bicyclic) bond motifs is 2. The number of esters is 1. The van der Waals surface area contributed by atoms with Gasteiger partial charge in [-0.2, -0.15) is 0 Å². The lowest BCUT2D eigenvalue weighted by Crippen LogP contribution is -2.37. The average molecular weight is 276 g/mol. The third kappa shape index (κ3) is 1.94. The maximum atomic E-state index is 11.3.